The van der Waals surface area contributed by atoms with Crippen LogP contribution in [0.25, 0.3) is 0 Å². The lowest BCUT2D eigenvalue weighted by Gasteiger charge is -2.10. The van der Waals surface area contributed by atoms with Gasteiger partial charge in [-0.05, 0) is 32.4 Å². The highest BCUT2D eigenvalue weighted by molar-refractivity contribution is 7.12. The van der Waals surface area contributed by atoms with Gasteiger partial charge in [0.05, 0.1) is 11.8 Å². The van der Waals surface area contributed by atoms with Crippen LogP contribution in [0.15, 0.2) is 6.07 Å². The predicted octanol–water partition coefficient (Wildman–Crippen LogP) is 3.34. The monoisotopic (exact) mass is 284 g/mol. The summed E-state index contributed by atoms with van der Waals surface area (Å²) in [6.45, 7) is 6.00. The van der Waals surface area contributed by atoms with Crippen molar-refractivity contribution in [3.8, 4) is 0 Å². The van der Waals surface area contributed by atoms with Crippen molar-refractivity contribution in [2.75, 3.05) is 0 Å². The molecule has 0 radical (unpaired) electrons. The third-order valence-electron chi connectivity index (χ3n) is 3.11. The number of rotatable bonds is 3. The van der Waals surface area contributed by atoms with Gasteiger partial charge >= 0.3 is 0 Å². The molecule has 5 heteroatoms. The maximum Gasteiger partial charge on any atom is 0.130 e. The molecule has 18 heavy (non-hydrogen) atoms. The highest BCUT2D eigenvalue weighted by Crippen LogP contribution is 2.31. The quantitative estimate of drug-likeness (QED) is 0.939. The van der Waals surface area contributed by atoms with Gasteiger partial charge in [0.25, 0.3) is 0 Å². The summed E-state index contributed by atoms with van der Waals surface area (Å²) in [4.78, 5) is 2.38. The van der Waals surface area contributed by atoms with Crippen LogP contribution >= 0.6 is 22.9 Å². The second-order valence-electron chi connectivity index (χ2n) is 4.57. The molecule has 2 aromatic heterocycles. The molecule has 98 valence electrons. The lowest BCUT2D eigenvalue weighted by atomic mass is 10.0. The van der Waals surface area contributed by atoms with E-state index in [1.54, 1.807) is 16.0 Å². The summed E-state index contributed by atoms with van der Waals surface area (Å²) in [5, 5.41) is 15.2. The molecule has 0 saturated heterocycles. The summed E-state index contributed by atoms with van der Waals surface area (Å²) in [5.41, 5.74) is 2.80. The second kappa shape index (κ2) is 5.03. The Morgan fingerprint density at radius 1 is 1.44 bits per heavy atom. The summed E-state index contributed by atoms with van der Waals surface area (Å²) in [6.07, 6.45) is -0.00875. The maximum absolute atomic E-state index is 10.3. The number of hydrogen-bond acceptors (Lipinski definition) is 3. The van der Waals surface area contributed by atoms with Gasteiger partial charge in [-0.1, -0.05) is 11.6 Å². The van der Waals surface area contributed by atoms with Crippen LogP contribution in [0.1, 0.15) is 32.7 Å². The third-order valence-corrected chi connectivity index (χ3v) is 4.56. The molecule has 0 aliphatic rings. The van der Waals surface area contributed by atoms with Gasteiger partial charge in [0.2, 0.25) is 0 Å². The van der Waals surface area contributed by atoms with Crippen LogP contribution in [0.4, 0.5) is 0 Å². The summed E-state index contributed by atoms with van der Waals surface area (Å²) in [7, 11) is 1.81. The van der Waals surface area contributed by atoms with E-state index in [1.807, 2.05) is 27.0 Å². The molecule has 0 bridgehead atoms. The molecule has 2 rings (SSSR count). The average molecular weight is 285 g/mol. The third kappa shape index (κ3) is 2.46. The molecule has 0 spiro atoms. The van der Waals surface area contributed by atoms with Crippen LogP contribution in [0, 0.1) is 20.8 Å². The SMILES string of the molecule is Cc1cc(C(O)Cc2c(C)nn(C)c2Cl)c(C)s1. The van der Waals surface area contributed by atoms with Gasteiger partial charge in [0, 0.05) is 28.8 Å². The average Bonchev–Trinajstić information content (AvgIpc) is 2.73. The minimum absolute atomic E-state index is 0.509. The zero-order valence-corrected chi connectivity index (χ0v) is 12.6. The first-order chi connectivity index (χ1) is 8.40. The minimum atomic E-state index is -0.518. The predicted molar refractivity (Wildman–Crippen MR) is 75.4 cm³/mol. The summed E-state index contributed by atoms with van der Waals surface area (Å²) in [5.74, 6) is 0. The standard InChI is InChI=1S/C13H17ClN2OS/c1-7-5-11(9(3)18-7)12(17)6-10-8(2)15-16(4)13(10)14/h5,12,17H,6H2,1-4H3. The van der Waals surface area contributed by atoms with Crippen LogP contribution in [0.5, 0.6) is 0 Å². The van der Waals surface area contributed by atoms with Crippen molar-refractivity contribution in [2.45, 2.75) is 33.3 Å². The molecule has 1 unspecified atom stereocenters. The van der Waals surface area contributed by atoms with Crippen LogP contribution in [-0.4, -0.2) is 14.9 Å². The van der Waals surface area contributed by atoms with E-state index in [9.17, 15) is 5.11 Å². The topological polar surface area (TPSA) is 38.1 Å². The Kier molecular flexibility index (Phi) is 3.80. The van der Waals surface area contributed by atoms with E-state index in [4.69, 9.17) is 11.6 Å². The first-order valence-electron chi connectivity index (χ1n) is 5.83. The van der Waals surface area contributed by atoms with E-state index in [1.165, 1.54) is 4.88 Å². The van der Waals surface area contributed by atoms with Gasteiger partial charge in [-0.3, -0.25) is 4.68 Å². The van der Waals surface area contributed by atoms with Crippen molar-refractivity contribution >= 4 is 22.9 Å². The molecule has 1 N–H and O–H groups in total. The molecule has 1 atom stereocenters. The number of nitrogens with zero attached hydrogens (tertiary/aromatic N) is 2. The number of hydrogen-bond donors (Lipinski definition) is 1. The Hall–Kier alpha value is -0.840. The lowest BCUT2D eigenvalue weighted by molar-refractivity contribution is 0.178. The van der Waals surface area contributed by atoms with Gasteiger partial charge in [-0.15, -0.1) is 11.3 Å². The zero-order valence-electron chi connectivity index (χ0n) is 11.0. The van der Waals surface area contributed by atoms with E-state index in [0.717, 1.165) is 21.7 Å². The Bertz CT molecular complexity index is 574. The van der Waals surface area contributed by atoms with Crippen LogP contribution in [0.3, 0.4) is 0 Å². The molecule has 0 fully saturated rings. The Labute approximate surface area is 116 Å². The fraction of sp³-hybridized carbons (Fsp3) is 0.462. The molecule has 0 aliphatic carbocycles. The van der Waals surface area contributed by atoms with Crippen molar-refractivity contribution in [1.29, 1.82) is 0 Å². The van der Waals surface area contributed by atoms with Crippen LogP contribution in [0.2, 0.25) is 5.15 Å². The highest BCUT2D eigenvalue weighted by Gasteiger charge is 2.19. The van der Waals surface area contributed by atoms with Crippen molar-refractivity contribution in [1.82, 2.24) is 9.78 Å². The van der Waals surface area contributed by atoms with Gasteiger partial charge in [-0.25, -0.2) is 0 Å². The molecule has 2 aromatic rings. The number of aryl methyl sites for hydroxylation is 4. The van der Waals surface area contributed by atoms with E-state index in [2.05, 4.69) is 12.0 Å². The van der Waals surface area contributed by atoms with Gasteiger partial charge in [0.15, 0.2) is 0 Å². The Balaban J connectivity index is 2.26. The van der Waals surface area contributed by atoms with Gasteiger partial charge in [-0.2, -0.15) is 5.10 Å². The zero-order chi connectivity index (χ0) is 13.4. The molecular weight excluding hydrogens is 268 g/mol. The van der Waals surface area contributed by atoms with Crippen LogP contribution < -0.4 is 0 Å². The number of aliphatic hydroxyl groups is 1. The number of aromatic nitrogens is 2. The smallest absolute Gasteiger partial charge is 0.130 e. The molecular formula is C13H17ClN2OS. The summed E-state index contributed by atoms with van der Waals surface area (Å²) in [6, 6.07) is 2.05. The van der Waals surface area contributed by atoms with Crippen molar-refractivity contribution in [3.05, 3.63) is 37.8 Å². The van der Waals surface area contributed by atoms with E-state index in [0.29, 0.717) is 11.6 Å². The first-order valence-corrected chi connectivity index (χ1v) is 7.02. The molecule has 0 aromatic carbocycles. The molecule has 0 saturated carbocycles. The van der Waals surface area contributed by atoms with E-state index < -0.39 is 6.10 Å². The summed E-state index contributed by atoms with van der Waals surface area (Å²) >= 11 is 7.89. The van der Waals surface area contributed by atoms with Gasteiger partial charge < -0.3 is 5.11 Å². The minimum Gasteiger partial charge on any atom is -0.388 e. The van der Waals surface area contributed by atoms with Crippen LogP contribution in [-0.2, 0) is 13.5 Å². The largest absolute Gasteiger partial charge is 0.388 e. The van der Waals surface area contributed by atoms with E-state index >= 15 is 0 Å². The number of thiophene rings is 1. The Morgan fingerprint density at radius 2 is 2.11 bits per heavy atom. The first kappa shape index (κ1) is 13.6. The fourth-order valence-corrected chi connectivity index (χ4v) is 3.42. The van der Waals surface area contributed by atoms with Gasteiger partial charge in [0.1, 0.15) is 5.15 Å². The maximum atomic E-state index is 10.3. The normalized spacial score (nSPS) is 13.0. The Morgan fingerprint density at radius 3 is 2.56 bits per heavy atom. The summed E-state index contributed by atoms with van der Waals surface area (Å²) < 4.78 is 1.64. The molecule has 2 heterocycles. The van der Waals surface area contributed by atoms with E-state index in [-0.39, 0.29) is 0 Å². The molecule has 0 aliphatic heterocycles. The highest BCUT2D eigenvalue weighted by atomic mass is 35.5. The molecule has 3 nitrogen and oxygen atoms in total. The molecule has 0 amide bonds. The van der Waals surface area contributed by atoms with Crippen molar-refractivity contribution in [3.63, 3.8) is 0 Å². The second-order valence-corrected chi connectivity index (χ2v) is 6.39. The van der Waals surface area contributed by atoms with Crippen molar-refractivity contribution < 1.29 is 5.11 Å². The fourth-order valence-electron chi connectivity index (χ4n) is 2.19. The lowest BCUT2D eigenvalue weighted by Crippen LogP contribution is -2.03. The number of halogens is 1. The van der Waals surface area contributed by atoms with Crippen molar-refractivity contribution in [2.24, 2.45) is 7.05 Å². The number of aliphatic hydroxyl groups excluding tert-OH is 1.